The average Bonchev–Trinajstić information content (AvgIpc) is 2.63. The third-order valence-corrected chi connectivity index (χ3v) is 5.61. The zero-order valence-electron chi connectivity index (χ0n) is 19.5. The van der Waals surface area contributed by atoms with Crippen LogP contribution in [0.25, 0.3) is 0 Å². The first-order chi connectivity index (χ1) is 13.0. The van der Waals surface area contributed by atoms with Crippen molar-refractivity contribution in [3.8, 4) is 0 Å². The number of carbonyl (C=O) groups is 1. The third-order valence-electron chi connectivity index (χ3n) is 4.46. The Morgan fingerprint density at radius 3 is 1.93 bits per heavy atom. The molecule has 7 heteroatoms. The topological polar surface area (TPSA) is 72.5 Å². The molecule has 5 nitrogen and oxygen atoms in total. The summed E-state index contributed by atoms with van der Waals surface area (Å²) < 4.78 is 27.5. The van der Waals surface area contributed by atoms with Gasteiger partial charge in [0.2, 0.25) is 0 Å². The van der Waals surface area contributed by atoms with Gasteiger partial charge < -0.3 is 10.9 Å². The second-order valence-corrected chi connectivity index (χ2v) is 8.85. The number of unbranched alkanes of at least 4 members (excludes halogenated alkanes) is 11. The summed E-state index contributed by atoms with van der Waals surface area (Å²) in [4.78, 5) is 11.5. The molecule has 0 heterocycles. The molecule has 0 aromatic carbocycles. The monoisotopic (exact) mass is 443 g/mol. The molecule has 0 rings (SSSR count). The van der Waals surface area contributed by atoms with Crippen LogP contribution < -0.4 is 56.7 Å². The molecule has 0 aliphatic heterocycles. The van der Waals surface area contributed by atoms with E-state index in [9.17, 15) is 13.2 Å². The number of rotatable bonds is 19. The van der Waals surface area contributed by atoms with Gasteiger partial charge in [-0.25, -0.2) is 0 Å². The molecule has 0 saturated carbocycles. The molecule has 0 saturated heterocycles. The first-order valence-electron chi connectivity index (χ1n) is 10.8. The Morgan fingerprint density at radius 1 is 0.893 bits per heavy atom. The zero-order chi connectivity index (χ0) is 20.2. The van der Waals surface area contributed by atoms with E-state index in [2.05, 4.69) is 28.6 Å². The molecular formula is C21H42KNO4S. The van der Waals surface area contributed by atoms with Gasteiger partial charge in [0.25, 0.3) is 0 Å². The number of carbonyl (C=O) groups excluding carboxylic acids is 1. The van der Waals surface area contributed by atoms with Crippen molar-refractivity contribution < 1.29 is 70.2 Å². The van der Waals surface area contributed by atoms with Crippen LogP contribution in [0.1, 0.15) is 98.2 Å². The Labute approximate surface area is 217 Å². The molecule has 28 heavy (non-hydrogen) atoms. The predicted molar refractivity (Wildman–Crippen MR) is 114 cm³/mol. The summed E-state index contributed by atoms with van der Waals surface area (Å²) in [5.41, 5.74) is 0. The maximum absolute atomic E-state index is 11.5. The van der Waals surface area contributed by atoms with E-state index in [1.165, 1.54) is 51.4 Å². The van der Waals surface area contributed by atoms with Gasteiger partial charge in [-0.15, -0.1) is 0 Å². The Morgan fingerprint density at radius 2 is 1.39 bits per heavy atom. The van der Waals surface area contributed by atoms with Gasteiger partial charge in [0, 0.05) is 13.0 Å². The third kappa shape index (κ3) is 23.0. The summed E-state index contributed by atoms with van der Waals surface area (Å²) in [6, 6.07) is 0. The SMILES string of the molecule is CCCCCCCC/C=C\CCCCCCCC(=O)OS(=O)(=O)CCNC.[H-].[K+]. The minimum atomic E-state index is -3.73. The molecule has 0 fully saturated rings. The van der Waals surface area contributed by atoms with E-state index in [0.29, 0.717) is 6.42 Å². The van der Waals surface area contributed by atoms with Crippen molar-refractivity contribution in [1.29, 1.82) is 0 Å². The standard InChI is InChI=1S/C21H41NO4S.K.H/c1-3-4-5-6-7-8-9-10-11-12-13-14-15-16-17-18-21(23)26-27(24,25)20-19-22-2;;/h10-11,22H,3-9,12-20H2,1-2H3;;/q;+1;-1/b11-10-;;. The van der Waals surface area contributed by atoms with Crippen LogP contribution in [0.2, 0.25) is 0 Å². The smallest absolute Gasteiger partial charge is 1.00 e. The Bertz CT molecular complexity index is 487. The van der Waals surface area contributed by atoms with Crippen molar-refractivity contribution in [2.75, 3.05) is 19.3 Å². The van der Waals surface area contributed by atoms with Crippen LogP contribution in [0.15, 0.2) is 12.2 Å². The van der Waals surface area contributed by atoms with Crippen molar-refractivity contribution in [2.24, 2.45) is 0 Å². The zero-order valence-corrected chi connectivity index (χ0v) is 22.4. The van der Waals surface area contributed by atoms with E-state index in [-0.39, 0.29) is 71.5 Å². The molecular weight excluding hydrogens is 401 g/mol. The quantitative estimate of drug-likeness (QED) is 0.143. The van der Waals surface area contributed by atoms with E-state index >= 15 is 0 Å². The minimum Gasteiger partial charge on any atom is -1.00 e. The van der Waals surface area contributed by atoms with Crippen LogP contribution in [-0.2, 0) is 19.1 Å². The minimum absolute atomic E-state index is 0. The molecule has 0 aliphatic rings. The first-order valence-corrected chi connectivity index (χ1v) is 12.3. The molecule has 0 aromatic heterocycles. The van der Waals surface area contributed by atoms with Crippen LogP contribution in [-0.4, -0.2) is 33.7 Å². The van der Waals surface area contributed by atoms with Crippen LogP contribution in [0.3, 0.4) is 0 Å². The van der Waals surface area contributed by atoms with Gasteiger partial charge in [-0.2, -0.15) is 8.42 Å². The van der Waals surface area contributed by atoms with Gasteiger partial charge in [0.05, 0.1) is 5.75 Å². The summed E-state index contributed by atoms with van der Waals surface area (Å²) in [6.07, 6.45) is 20.2. The van der Waals surface area contributed by atoms with Crippen LogP contribution in [0, 0.1) is 0 Å². The first kappa shape index (κ1) is 30.9. The van der Waals surface area contributed by atoms with Crippen molar-refractivity contribution in [3.63, 3.8) is 0 Å². The Kier molecular flexibility index (Phi) is 24.8. The fourth-order valence-electron chi connectivity index (χ4n) is 2.79. The Balaban J connectivity index is -0.00000338. The van der Waals surface area contributed by atoms with Crippen molar-refractivity contribution in [2.45, 2.75) is 96.8 Å². The summed E-state index contributed by atoms with van der Waals surface area (Å²) in [5, 5.41) is 2.72. The van der Waals surface area contributed by atoms with Gasteiger partial charge in [0.15, 0.2) is 0 Å². The van der Waals surface area contributed by atoms with Gasteiger partial charge in [-0.1, -0.05) is 70.4 Å². The van der Waals surface area contributed by atoms with Crippen LogP contribution >= 0.6 is 0 Å². The second kappa shape index (κ2) is 22.4. The fourth-order valence-corrected chi connectivity index (χ4v) is 3.70. The maximum Gasteiger partial charge on any atom is 1.00 e. The predicted octanol–water partition coefficient (Wildman–Crippen LogP) is 2.23. The number of allylic oxidation sites excluding steroid dienone is 2. The molecule has 0 spiro atoms. The fraction of sp³-hybridized carbons (Fsp3) is 0.857. The van der Waals surface area contributed by atoms with Crippen molar-refractivity contribution >= 4 is 16.1 Å². The molecule has 0 amide bonds. The summed E-state index contributed by atoms with van der Waals surface area (Å²) in [5.74, 6) is -0.814. The maximum atomic E-state index is 11.5. The molecule has 0 aromatic rings. The molecule has 162 valence electrons. The molecule has 1 N–H and O–H groups in total. The van der Waals surface area contributed by atoms with Crippen LogP contribution in [0.5, 0.6) is 0 Å². The van der Waals surface area contributed by atoms with Crippen molar-refractivity contribution in [3.05, 3.63) is 12.2 Å². The van der Waals surface area contributed by atoms with Crippen molar-refractivity contribution in [1.82, 2.24) is 5.32 Å². The number of hydrogen-bond donors (Lipinski definition) is 1. The van der Waals surface area contributed by atoms with E-state index in [4.69, 9.17) is 0 Å². The molecule has 0 aliphatic carbocycles. The summed E-state index contributed by atoms with van der Waals surface area (Å²) in [6.45, 7) is 2.53. The van der Waals surface area contributed by atoms with E-state index in [1.807, 2.05) is 0 Å². The van der Waals surface area contributed by atoms with Gasteiger partial charge >= 0.3 is 67.5 Å². The van der Waals surface area contributed by atoms with Gasteiger partial charge in [-0.05, 0) is 39.2 Å². The van der Waals surface area contributed by atoms with E-state index in [0.717, 1.165) is 25.7 Å². The molecule has 0 bridgehead atoms. The van der Waals surface area contributed by atoms with E-state index in [1.54, 1.807) is 7.05 Å². The van der Waals surface area contributed by atoms with Gasteiger partial charge in [-0.3, -0.25) is 4.79 Å². The number of nitrogens with one attached hydrogen (secondary N) is 1. The van der Waals surface area contributed by atoms with Gasteiger partial charge in [0.1, 0.15) is 0 Å². The average molecular weight is 444 g/mol. The largest absolute Gasteiger partial charge is 1.00 e. The Hall–Kier alpha value is 0.756. The normalized spacial score (nSPS) is 11.5. The molecule has 0 radical (unpaired) electrons. The summed E-state index contributed by atoms with van der Waals surface area (Å²) >= 11 is 0. The van der Waals surface area contributed by atoms with E-state index < -0.39 is 16.1 Å². The second-order valence-electron chi connectivity index (χ2n) is 7.15. The number of hydrogen-bond acceptors (Lipinski definition) is 5. The molecule has 0 unspecified atom stereocenters. The van der Waals surface area contributed by atoms with Crippen LogP contribution in [0.4, 0.5) is 0 Å². The summed E-state index contributed by atoms with van der Waals surface area (Å²) in [7, 11) is -2.08. The molecule has 0 atom stereocenters.